The topological polar surface area (TPSA) is 41.5 Å². The third kappa shape index (κ3) is 12.9. The number of unbranched alkanes of at least 4 members (excludes halogenated alkanes) is 4. The van der Waals surface area contributed by atoms with Crippen LogP contribution in [0.25, 0.3) is 0 Å². The molecule has 2 unspecified atom stereocenters. The molecule has 0 rings (SSSR count). The molecule has 24 heavy (non-hydrogen) atoms. The summed E-state index contributed by atoms with van der Waals surface area (Å²) in [4.78, 5) is 11.6. The summed E-state index contributed by atoms with van der Waals surface area (Å²) in [5.74, 6) is 1.73. The summed E-state index contributed by atoms with van der Waals surface area (Å²) in [7, 11) is 0.811. The standard InChI is InChI=1S/C20H39N2OP/c1-6-9-11-14-19(17(4)7-2)15-12-10-13-16-21-20(23)22-24-18(5)8-3/h17,19H,6-16H2,1-5H3/p+1. The molecule has 0 bridgehead atoms. The third-order valence-corrected chi connectivity index (χ3v) is 5.92. The number of nitrogens with one attached hydrogen (secondary N) is 1. The number of hydrogen-bond acceptors (Lipinski definition) is 1. The summed E-state index contributed by atoms with van der Waals surface area (Å²) in [6, 6.07) is -0.165. The molecule has 0 aliphatic rings. The van der Waals surface area contributed by atoms with Gasteiger partial charge in [0.2, 0.25) is 0 Å². The van der Waals surface area contributed by atoms with Crippen LogP contribution in [0.2, 0.25) is 0 Å². The fraction of sp³-hybridized carbons (Fsp3) is 0.900. The number of carbonyl (C=O) groups is 1. The molecule has 0 saturated carbocycles. The monoisotopic (exact) mass is 355 g/mol. The van der Waals surface area contributed by atoms with Crippen molar-refractivity contribution in [2.45, 2.75) is 98.8 Å². The Balaban J connectivity index is 3.88. The molecular weight excluding hydrogens is 315 g/mol. The number of rotatable bonds is 13. The van der Waals surface area contributed by atoms with Crippen LogP contribution >= 0.6 is 8.00 Å². The summed E-state index contributed by atoms with van der Waals surface area (Å²) >= 11 is 0. The second-order valence-electron chi connectivity index (χ2n) is 7.01. The van der Waals surface area contributed by atoms with Gasteiger partial charge in [0.05, 0.1) is 0 Å². The van der Waals surface area contributed by atoms with E-state index in [1.54, 1.807) is 0 Å². The van der Waals surface area contributed by atoms with E-state index in [1.807, 2.05) is 6.92 Å². The molecule has 0 aromatic heterocycles. The zero-order valence-electron chi connectivity index (χ0n) is 16.7. The van der Waals surface area contributed by atoms with Gasteiger partial charge in [-0.25, -0.2) is 0 Å². The van der Waals surface area contributed by atoms with Gasteiger partial charge in [0.25, 0.3) is 0 Å². The number of urea groups is 1. The Kier molecular flexibility index (Phi) is 15.8. The first-order valence-corrected chi connectivity index (χ1v) is 10.9. The molecule has 0 spiro atoms. The van der Waals surface area contributed by atoms with Gasteiger partial charge < -0.3 is 0 Å². The molecular formula is C20H40N2OP+. The molecule has 0 heterocycles. The van der Waals surface area contributed by atoms with Crippen molar-refractivity contribution in [3.8, 4) is 0 Å². The summed E-state index contributed by atoms with van der Waals surface area (Å²) in [5, 5.41) is 4.13. The number of hydrogen-bond donors (Lipinski definition) is 1. The van der Waals surface area contributed by atoms with Crippen molar-refractivity contribution in [1.29, 1.82) is 0 Å². The molecule has 0 saturated heterocycles. The Morgan fingerprint density at radius 1 is 1.04 bits per heavy atom. The van der Waals surface area contributed by atoms with Crippen molar-refractivity contribution in [3.05, 3.63) is 0 Å². The van der Waals surface area contributed by atoms with E-state index in [9.17, 15) is 4.79 Å². The third-order valence-electron chi connectivity index (χ3n) is 4.98. The van der Waals surface area contributed by atoms with E-state index in [-0.39, 0.29) is 6.03 Å². The molecule has 4 heteroatoms. The first kappa shape index (κ1) is 23.6. The van der Waals surface area contributed by atoms with Crippen LogP contribution in [0.4, 0.5) is 4.79 Å². The Hall–Kier alpha value is -0.430. The van der Waals surface area contributed by atoms with Gasteiger partial charge in [-0.2, -0.15) is 0 Å². The van der Waals surface area contributed by atoms with Crippen molar-refractivity contribution in [1.82, 2.24) is 5.32 Å². The summed E-state index contributed by atoms with van der Waals surface area (Å²) in [6.07, 6.45) is 12.6. The molecule has 2 amide bonds. The number of amides is 2. The number of carbonyl (C=O) groups excluding carboxylic acids is 1. The van der Waals surface area contributed by atoms with Gasteiger partial charge in [0, 0.05) is 0 Å². The maximum absolute atomic E-state index is 11.6. The van der Waals surface area contributed by atoms with Crippen LogP contribution in [0.3, 0.4) is 0 Å². The normalized spacial score (nSPS) is 13.2. The van der Waals surface area contributed by atoms with Crippen molar-refractivity contribution in [3.63, 3.8) is 0 Å². The Bertz CT molecular complexity index is 389. The molecule has 0 aromatic carbocycles. The van der Waals surface area contributed by atoms with E-state index >= 15 is 0 Å². The van der Waals surface area contributed by atoms with Crippen LogP contribution < -0.4 is 5.32 Å². The molecule has 0 fully saturated rings. The predicted octanol–water partition coefficient (Wildman–Crippen LogP) is 7.23. The van der Waals surface area contributed by atoms with Crippen LogP contribution in [-0.4, -0.2) is 17.9 Å². The SMILES string of the molecule is CCCCCC(CCCCCNC(=O)N=[P+]=C(C)CC)C(C)CC. The van der Waals surface area contributed by atoms with Crippen LogP contribution in [0, 0.1) is 11.8 Å². The van der Waals surface area contributed by atoms with E-state index in [2.05, 4.69) is 37.8 Å². The molecule has 140 valence electrons. The Morgan fingerprint density at radius 3 is 2.29 bits per heavy atom. The zero-order valence-corrected chi connectivity index (χ0v) is 17.6. The average molecular weight is 356 g/mol. The fourth-order valence-corrected chi connectivity index (χ4v) is 3.32. The second-order valence-corrected chi connectivity index (χ2v) is 8.17. The first-order valence-electron chi connectivity index (χ1n) is 10.1. The van der Waals surface area contributed by atoms with Crippen LogP contribution in [0.15, 0.2) is 4.74 Å². The molecule has 0 aliphatic carbocycles. The van der Waals surface area contributed by atoms with Crippen molar-refractivity contribution in [2.75, 3.05) is 6.54 Å². The van der Waals surface area contributed by atoms with Gasteiger partial charge >= 0.3 is 138 Å². The van der Waals surface area contributed by atoms with Crippen LogP contribution in [0.5, 0.6) is 0 Å². The van der Waals surface area contributed by atoms with Crippen molar-refractivity contribution in [2.24, 2.45) is 16.6 Å². The maximum atomic E-state index is 11.6. The summed E-state index contributed by atoms with van der Waals surface area (Å²) < 4.78 is 4.00. The van der Waals surface area contributed by atoms with E-state index < -0.39 is 0 Å². The molecule has 2 atom stereocenters. The van der Waals surface area contributed by atoms with Gasteiger partial charge in [-0.3, -0.25) is 0 Å². The van der Waals surface area contributed by atoms with Crippen molar-refractivity contribution < 1.29 is 4.79 Å². The molecule has 0 aliphatic heterocycles. The first-order chi connectivity index (χ1) is 11.5. The van der Waals surface area contributed by atoms with Gasteiger partial charge in [0.1, 0.15) is 0 Å². The van der Waals surface area contributed by atoms with Gasteiger partial charge in [-0.15, -0.1) is 0 Å². The van der Waals surface area contributed by atoms with E-state index in [4.69, 9.17) is 0 Å². The average Bonchev–Trinajstić information content (AvgIpc) is 2.60. The van der Waals surface area contributed by atoms with Gasteiger partial charge in [-0.05, 0) is 0 Å². The Labute approximate surface area is 151 Å². The number of nitrogens with zero attached hydrogens (tertiary/aromatic N) is 1. The molecule has 1 N–H and O–H groups in total. The second kappa shape index (κ2) is 16.1. The van der Waals surface area contributed by atoms with Crippen LogP contribution in [-0.2, 0) is 0 Å². The summed E-state index contributed by atoms with van der Waals surface area (Å²) in [6.45, 7) is 11.9. The van der Waals surface area contributed by atoms with E-state index in [0.717, 1.165) is 39.2 Å². The Morgan fingerprint density at radius 2 is 1.71 bits per heavy atom. The van der Waals surface area contributed by atoms with Gasteiger partial charge in [-0.1, -0.05) is 13.3 Å². The zero-order chi connectivity index (χ0) is 18.2. The van der Waals surface area contributed by atoms with E-state index in [1.165, 1.54) is 56.7 Å². The molecule has 3 nitrogen and oxygen atoms in total. The minimum absolute atomic E-state index is 0.165. The van der Waals surface area contributed by atoms with E-state index in [0.29, 0.717) is 0 Å². The molecule has 0 radical (unpaired) electrons. The molecule has 0 aromatic rings. The van der Waals surface area contributed by atoms with Crippen molar-refractivity contribution >= 4 is 19.3 Å². The van der Waals surface area contributed by atoms with Gasteiger partial charge in [0.15, 0.2) is 0 Å². The fourth-order valence-electron chi connectivity index (χ4n) is 2.84. The quantitative estimate of drug-likeness (QED) is 0.275. The summed E-state index contributed by atoms with van der Waals surface area (Å²) in [5.41, 5.74) is 0. The van der Waals surface area contributed by atoms with Crippen LogP contribution in [0.1, 0.15) is 98.8 Å². The minimum atomic E-state index is -0.165. The predicted molar refractivity (Wildman–Crippen MR) is 109 cm³/mol.